The van der Waals surface area contributed by atoms with Gasteiger partial charge in [0.25, 0.3) is 0 Å². The minimum Gasteiger partial charge on any atom is -0.356 e. The highest BCUT2D eigenvalue weighted by Gasteiger charge is 2.35. The van der Waals surface area contributed by atoms with Gasteiger partial charge in [-0.25, -0.2) is 14.4 Å². The Bertz CT molecular complexity index is 477. The smallest absolute Gasteiger partial charge is 0.216 e. The molecule has 1 saturated heterocycles. The predicted octanol–water partition coefficient (Wildman–Crippen LogP) is 1.64. The molecule has 1 fully saturated rings. The number of amides is 1. The number of thioether (sulfide) groups is 1. The van der Waals surface area contributed by atoms with Gasteiger partial charge in [0.1, 0.15) is 11.5 Å². The molecule has 0 spiro atoms. The summed E-state index contributed by atoms with van der Waals surface area (Å²) in [7, 11) is 0. The van der Waals surface area contributed by atoms with Crippen LogP contribution in [0, 0.1) is 0 Å². The summed E-state index contributed by atoms with van der Waals surface area (Å²) in [6.45, 7) is 2.70. The topological polar surface area (TPSA) is 58.1 Å². The zero-order chi connectivity index (χ0) is 14.6. The standard InChI is InChI=1S/C13H19FN4OS/c1-10(19)16-9-13(14)4-7-18(8-5-13)11-3-6-15-12(17-11)20-2/h3,6H,4-5,7-9H2,1-2H3,(H,16,19). The van der Waals surface area contributed by atoms with E-state index in [9.17, 15) is 9.18 Å². The number of halogens is 1. The van der Waals surface area contributed by atoms with Crippen LogP contribution < -0.4 is 10.2 Å². The quantitative estimate of drug-likeness (QED) is 0.676. The van der Waals surface area contributed by atoms with Gasteiger partial charge in [-0.2, -0.15) is 0 Å². The summed E-state index contributed by atoms with van der Waals surface area (Å²) in [6.07, 6.45) is 4.44. The normalized spacial score (nSPS) is 17.9. The number of aromatic nitrogens is 2. The number of piperidine rings is 1. The first-order chi connectivity index (χ1) is 9.52. The summed E-state index contributed by atoms with van der Waals surface area (Å²) in [5, 5.41) is 3.29. The van der Waals surface area contributed by atoms with Gasteiger partial charge in [0.05, 0.1) is 6.54 Å². The van der Waals surface area contributed by atoms with Crippen LogP contribution in [0.5, 0.6) is 0 Å². The lowest BCUT2D eigenvalue weighted by Crippen LogP contribution is -2.48. The van der Waals surface area contributed by atoms with Gasteiger partial charge in [-0.3, -0.25) is 4.79 Å². The highest BCUT2D eigenvalue weighted by molar-refractivity contribution is 7.98. The van der Waals surface area contributed by atoms with E-state index in [-0.39, 0.29) is 12.5 Å². The van der Waals surface area contributed by atoms with Crippen molar-refractivity contribution >= 4 is 23.5 Å². The summed E-state index contributed by atoms with van der Waals surface area (Å²) >= 11 is 1.49. The minimum absolute atomic E-state index is 0.0933. The van der Waals surface area contributed by atoms with Crippen LogP contribution in [-0.2, 0) is 4.79 Å². The molecule has 1 aromatic rings. The number of hydrogen-bond donors (Lipinski definition) is 1. The molecule has 1 amide bonds. The summed E-state index contributed by atoms with van der Waals surface area (Å²) in [4.78, 5) is 21.5. The monoisotopic (exact) mass is 298 g/mol. The van der Waals surface area contributed by atoms with Crippen LogP contribution in [0.2, 0.25) is 0 Å². The van der Waals surface area contributed by atoms with E-state index in [1.165, 1.54) is 18.7 Å². The number of nitrogens with one attached hydrogen (secondary N) is 1. The van der Waals surface area contributed by atoms with E-state index >= 15 is 0 Å². The molecule has 0 atom stereocenters. The van der Waals surface area contributed by atoms with Crippen molar-refractivity contribution in [3.8, 4) is 0 Å². The molecule has 1 N–H and O–H groups in total. The predicted molar refractivity (Wildman–Crippen MR) is 77.8 cm³/mol. The van der Waals surface area contributed by atoms with E-state index < -0.39 is 5.67 Å². The number of alkyl halides is 1. The molecule has 0 unspecified atom stereocenters. The number of carbonyl (C=O) groups is 1. The van der Waals surface area contributed by atoms with E-state index in [2.05, 4.69) is 20.2 Å². The summed E-state index contributed by atoms with van der Waals surface area (Å²) in [6, 6.07) is 1.85. The molecule has 0 aromatic carbocycles. The largest absolute Gasteiger partial charge is 0.356 e. The second-order valence-corrected chi connectivity index (χ2v) is 5.72. The number of nitrogens with zero attached hydrogens (tertiary/aromatic N) is 3. The van der Waals surface area contributed by atoms with Crippen LogP contribution in [0.4, 0.5) is 10.2 Å². The highest BCUT2D eigenvalue weighted by Crippen LogP contribution is 2.28. The molecule has 1 aliphatic heterocycles. The molecule has 20 heavy (non-hydrogen) atoms. The van der Waals surface area contributed by atoms with Crippen molar-refractivity contribution in [3.05, 3.63) is 12.3 Å². The maximum Gasteiger partial charge on any atom is 0.216 e. The van der Waals surface area contributed by atoms with Crippen LogP contribution in [0.25, 0.3) is 0 Å². The van der Waals surface area contributed by atoms with Gasteiger partial charge in [0, 0.05) is 39.1 Å². The molecule has 1 aliphatic rings. The van der Waals surface area contributed by atoms with Crippen molar-refractivity contribution in [2.45, 2.75) is 30.6 Å². The highest BCUT2D eigenvalue weighted by atomic mass is 32.2. The summed E-state index contributed by atoms with van der Waals surface area (Å²) < 4.78 is 14.5. The zero-order valence-corrected chi connectivity index (χ0v) is 12.5. The Kier molecular flexibility index (Phi) is 4.80. The Labute approximate surface area is 122 Å². The second kappa shape index (κ2) is 6.39. The minimum atomic E-state index is -1.31. The van der Waals surface area contributed by atoms with E-state index in [1.54, 1.807) is 6.20 Å². The Morgan fingerprint density at radius 2 is 2.25 bits per heavy atom. The first-order valence-electron chi connectivity index (χ1n) is 6.58. The molecule has 1 aromatic heterocycles. The Hall–Kier alpha value is -1.37. The first-order valence-corrected chi connectivity index (χ1v) is 7.80. The number of anilines is 1. The van der Waals surface area contributed by atoms with Gasteiger partial charge in [-0.1, -0.05) is 11.8 Å². The fourth-order valence-electron chi connectivity index (χ4n) is 2.20. The Morgan fingerprint density at radius 3 is 2.85 bits per heavy atom. The SMILES string of the molecule is CSc1nccc(N2CCC(F)(CNC(C)=O)CC2)n1. The summed E-state index contributed by atoms with van der Waals surface area (Å²) in [5.74, 6) is 0.649. The fourth-order valence-corrected chi connectivity index (χ4v) is 2.55. The molecule has 0 aliphatic carbocycles. The van der Waals surface area contributed by atoms with Crippen molar-refractivity contribution in [1.82, 2.24) is 15.3 Å². The molecule has 5 nitrogen and oxygen atoms in total. The number of hydrogen-bond acceptors (Lipinski definition) is 5. The van der Waals surface area contributed by atoms with Crippen LogP contribution in [0.15, 0.2) is 17.4 Å². The number of rotatable bonds is 4. The van der Waals surface area contributed by atoms with Crippen molar-refractivity contribution in [1.29, 1.82) is 0 Å². The summed E-state index contributed by atoms with van der Waals surface area (Å²) in [5.41, 5.74) is -1.31. The van der Waals surface area contributed by atoms with Crippen molar-refractivity contribution in [2.75, 3.05) is 30.8 Å². The average Bonchev–Trinajstić information content (AvgIpc) is 2.46. The third-order valence-electron chi connectivity index (χ3n) is 3.44. The van der Waals surface area contributed by atoms with Crippen LogP contribution in [0.3, 0.4) is 0 Å². The van der Waals surface area contributed by atoms with Gasteiger partial charge in [0.15, 0.2) is 5.16 Å². The molecule has 7 heteroatoms. The van der Waals surface area contributed by atoms with Gasteiger partial charge < -0.3 is 10.2 Å². The molecular weight excluding hydrogens is 279 g/mol. The molecule has 2 rings (SSSR count). The fraction of sp³-hybridized carbons (Fsp3) is 0.615. The average molecular weight is 298 g/mol. The molecule has 0 bridgehead atoms. The molecule has 110 valence electrons. The van der Waals surface area contributed by atoms with Crippen LogP contribution >= 0.6 is 11.8 Å². The lowest BCUT2D eigenvalue weighted by Gasteiger charge is -2.37. The molecule has 0 radical (unpaired) electrons. The molecule has 2 heterocycles. The van der Waals surface area contributed by atoms with Crippen molar-refractivity contribution in [2.24, 2.45) is 0 Å². The Morgan fingerprint density at radius 1 is 1.55 bits per heavy atom. The van der Waals surface area contributed by atoms with Gasteiger partial charge in [0.2, 0.25) is 5.91 Å². The van der Waals surface area contributed by atoms with E-state index in [0.717, 1.165) is 11.0 Å². The van der Waals surface area contributed by atoms with Crippen LogP contribution in [0.1, 0.15) is 19.8 Å². The van der Waals surface area contributed by atoms with Crippen molar-refractivity contribution < 1.29 is 9.18 Å². The van der Waals surface area contributed by atoms with Gasteiger partial charge in [-0.15, -0.1) is 0 Å². The zero-order valence-electron chi connectivity index (χ0n) is 11.7. The molecule has 0 saturated carbocycles. The number of carbonyl (C=O) groups excluding carboxylic acids is 1. The second-order valence-electron chi connectivity index (χ2n) is 4.95. The molecular formula is C13H19FN4OS. The van der Waals surface area contributed by atoms with Crippen molar-refractivity contribution in [3.63, 3.8) is 0 Å². The lowest BCUT2D eigenvalue weighted by molar-refractivity contribution is -0.119. The van der Waals surface area contributed by atoms with Gasteiger partial charge in [-0.05, 0) is 12.3 Å². The van der Waals surface area contributed by atoms with E-state index in [1.807, 2.05) is 12.3 Å². The third kappa shape index (κ3) is 3.82. The third-order valence-corrected chi connectivity index (χ3v) is 4.00. The Balaban J connectivity index is 1.94. The first kappa shape index (κ1) is 15.0. The maximum absolute atomic E-state index is 14.5. The van der Waals surface area contributed by atoms with E-state index in [0.29, 0.717) is 25.9 Å². The van der Waals surface area contributed by atoms with Gasteiger partial charge >= 0.3 is 0 Å². The van der Waals surface area contributed by atoms with Crippen LogP contribution in [-0.4, -0.2) is 47.4 Å². The van der Waals surface area contributed by atoms with E-state index in [4.69, 9.17) is 0 Å². The maximum atomic E-state index is 14.5. The lowest BCUT2D eigenvalue weighted by atomic mass is 9.93.